The van der Waals surface area contributed by atoms with E-state index in [-0.39, 0.29) is 6.42 Å². The number of amides is 1. The summed E-state index contributed by atoms with van der Waals surface area (Å²) in [5.41, 5.74) is 3.47. The summed E-state index contributed by atoms with van der Waals surface area (Å²) in [5, 5.41) is 17.8. The highest BCUT2D eigenvalue weighted by Crippen LogP contribution is 2.17. The van der Waals surface area contributed by atoms with Crippen molar-refractivity contribution in [1.82, 2.24) is 5.32 Å². The minimum atomic E-state index is -1.33. The summed E-state index contributed by atoms with van der Waals surface area (Å²) in [6, 6.07) is 15.7. The maximum atomic E-state index is 12.4. The minimum absolute atomic E-state index is 0.146. The standard InChI is InChI=1S/C20H20N2O4/c1-13-7-9-15(10-8-13)16-12-18(26-22-16)19(23)21-17(20(24)25)11-14-5-3-2-4-6-14/h2-10,17-18H,11-12H2,1H3,(H,21,23)(H,24,25)/p-1/t17-,18-/m1/s1. The fourth-order valence-corrected chi connectivity index (χ4v) is 2.74. The Hall–Kier alpha value is -3.15. The number of carboxylic acid groups (broad SMARTS) is 1. The molecule has 2 aromatic rings. The zero-order chi connectivity index (χ0) is 18.5. The number of aryl methyl sites for hydroxylation is 1. The lowest BCUT2D eigenvalue weighted by atomic mass is 10.0. The van der Waals surface area contributed by atoms with Crippen LogP contribution >= 0.6 is 0 Å². The Morgan fingerprint density at radius 1 is 1.19 bits per heavy atom. The van der Waals surface area contributed by atoms with E-state index in [1.54, 1.807) is 12.1 Å². The molecule has 26 heavy (non-hydrogen) atoms. The summed E-state index contributed by atoms with van der Waals surface area (Å²) in [4.78, 5) is 29.0. The van der Waals surface area contributed by atoms with Gasteiger partial charge in [-0.1, -0.05) is 65.3 Å². The molecule has 0 saturated carbocycles. The highest BCUT2D eigenvalue weighted by molar-refractivity contribution is 6.04. The smallest absolute Gasteiger partial charge is 0.264 e. The Kier molecular flexibility index (Phi) is 5.31. The number of carboxylic acids is 1. The second-order valence-electron chi connectivity index (χ2n) is 6.27. The van der Waals surface area contributed by atoms with Crippen LogP contribution < -0.4 is 10.4 Å². The third kappa shape index (κ3) is 4.27. The van der Waals surface area contributed by atoms with Gasteiger partial charge in [0, 0.05) is 6.42 Å². The zero-order valence-electron chi connectivity index (χ0n) is 14.3. The summed E-state index contributed by atoms with van der Waals surface area (Å²) in [7, 11) is 0. The van der Waals surface area contributed by atoms with Gasteiger partial charge in [0.1, 0.15) is 0 Å². The average molecular weight is 351 g/mol. The Bertz CT molecular complexity index is 815. The number of rotatable bonds is 6. The molecule has 0 unspecified atom stereocenters. The first-order valence-electron chi connectivity index (χ1n) is 8.38. The first kappa shape index (κ1) is 17.7. The van der Waals surface area contributed by atoms with Crippen LogP contribution in [0.3, 0.4) is 0 Å². The van der Waals surface area contributed by atoms with Gasteiger partial charge in [-0.15, -0.1) is 0 Å². The molecule has 6 nitrogen and oxygen atoms in total. The maximum absolute atomic E-state index is 12.4. The molecular formula is C20H19N2O4-. The van der Waals surface area contributed by atoms with Crippen LogP contribution in [0.1, 0.15) is 23.1 Å². The van der Waals surface area contributed by atoms with Crippen LogP contribution in [0.4, 0.5) is 0 Å². The van der Waals surface area contributed by atoms with Crippen molar-refractivity contribution in [2.24, 2.45) is 5.16 Å². The van der Waals surface area contributed by atoms with Crippen LogP contribution in [0.25, 0.3) is 0 Å². The van der Waals surface area contributed by atoms with Gasteiger partial charge in [-0.05, 0) is 24.5 Å². The Labute approximate surface area is 151 Å². The number of hydrogen-bond donors (Lipinski definition) is 1. The first-order chi connectivity index (χ1) is 12.5. The molecule has 1 aliphatic heterocycles. The predicted molar refractivity (Wildman–Crippen MR) is 94.3 cm³/mol. The van der Waals surface area contributed by atoms with Crippen LogP contribution in [-0.4, -0.2) is 29.7 Å². The number of aliphatic carboxylic acids is 1. The second-order valence-corrected chi connectivity index (χ2v) is 6.27. The van der Waals surface area contributed by atoms with Crippen LogP contribution in [0, 0.1) is 6.92 Å². The van der Waals surface area contributed by atoms with Crippen molar-refractivity contribution < 1.29 is 19.5 Å². The fourth-order valence-electron chi connectivity index (χ4n) is 2.74. The van der Waals surface area contributed by atoms with E-state index in [0.29, 0.717) is 12.1 Å². The van der Waals surface area contributed by atoms with Gasteiger partial charge >= 0.3 is 0 Å². The van der Waals surface area contributed by atoms with Crippen LogP contribution in [-0.2, 0) is 20.8 Å². The number of nitrogens with zero attached hydrogens (tertiary/aromatic N) is 1. The summed E-state index contributed by atoms with van der Waals surface area (Å²) in [6.45, 7) is 1.99. The predicted octanol–water partition coefficient (Wildman–Crippen LogP) is 0.965. The molecule has 0 radical (unpaired) electrons. The van der Waals surface area contributed by atoms with E-state index in [1.807, 2.05) is 49.4 Å². The highest BCUT2D eigenvalue weighted by atomic mass is 16.6. The van der Waals surface area contributed by atoms with E-state index >= 15 is 0 Å². The molecular weight excluding hydrogens is 332 g/mol. The number of benzene rings is 2. The third-order valence-electron chi connectivity index (χ3n) is 4.23. The van der Waals surface area contributed by atoms with Gasteiger partial charge in [-0.2, -0.15) is 0 Å². The Balaban J connectivity index is 1.60. The summed E-state index contributed by atoms with van der Waals surface area (Å²) >= 11 is 0. The number of hydrogen-bond acceptors (Lipinski definition) is 5. The first-order valence-corrected chi connectivity index (χ1v) is 8.38. The average Bonchev–Trinajstić information content (AvgIpc) is 3.13. The lowest BCUT2D eigenvalue weighted by Gasteiger charge is -2.21. The molecule has 134 valence electrons. The normalized spacial score (nSPS) is 17.1. The molecule has 0 spiro atoms. The van der Waals surface area contributed by atoms with Crippen molar-refractivity contribution in [2.75, 3.05) is 0 Å². The largest absolute Gasteiger partial charge is 0.548 e. The lowest BCUT2D eigenvalue weighted by Crippen LogP contribution is -2.51. The van der Waals surface area contributed by atoms with E-state index in [0.717, 1.165) is 16.7 Å². The molecule has 1 aliphatic rings. The monoisotopic (exact) mass is 351 g/mol. The quantitative estimate of drug-likeness (QED) is 0.839. The minimum Gasteiger partial charge on any atom is -0.548 e. The van der Waals surface area contributed by atoms with Gasteiger partial charge in [-0.25, -0.2) is 0 Å². The number of oxime groups is 1. The van der Waals surface area contributed by atoms with E-state index in [9.17, 15) is 14.7 Å². The number of carbonyl (C=O) groups is 2. The van der Waals surface area contributed by atoms with Crippen molar-refractivity contribution >= 4 is 17.6 Å². The third-order valence-corrected chi connectivity index (χ3v) is 4.23. The van der Waals surface area contributed by atoms with Gasteiger partial charge < -0.3 is 20.1 Å². The Morgan fingerprint density at radius 3 is 2.54 bits per heavy atom. The summed E-state index contributed by atoms with van der Waals surface area (Å²) < 4.78 is 0. The van der Waals surface area contributed by atoms with Crippen LogP contribution in [0.15, 0.2) is 59.8 Å². The molecule has 2 atom stereocenters. The summed E-state index contributed by atoms with van der Waals surface area (Å²) in [6.07, 6.45) is -0.406. The number of carbonyl (C=O) groups excluding carboxylic acids is 2. The molecule has 0 fully saturated rings. The van der Waals surface area contributed by atoms with Gasteiger partial charge in [0.2, 0.25) is 6.10 Å². The zero-order valence-corrected chi connectivity index (χ0v) is 14.3. The van der Waals surface area contributed by atoms with Crippen molar-refractivity contribution in [2.45, 2.75) is 31.9 Å². The van der Waals surface area contributed by atoms with E-state index in [4.69, 9.17) is 4.84 Å². The van der Waals surface area contributed by atoms with Crippen molar-refractivity contribution in [1.29, 1.82) is 0 Å². The van der Waals surface area contributed by atoms with Crippen LogP contribution in [0.5, 0.6) is 0 Å². The highest BCUT2D eigenvalue weighted by Gasteiger charge is 2.30. The van der Waals surface area contributed by atoms with Crippen molar-refractivity contribution in [3.05, 3.63) is 71.3 Å². The summed E-state index contributed by atoms with van der Waals surface area (Å²) in [5.74, 6) is -1.85. The maximum Gasteiger partial charge on any atom is 0.264 e. The van der Waals surface area contributed by atoms with Gasteiger partial charge in [0.25, 0.3) is 5.91 Å². The molecule has 1 amide bonds. The molecule has 1 N–H and O–H groups in total. The van der Waals surface area contributed by atoms with E-state index in [2.05, 4.69) is 10.5 Å². The van der Waals surface area contributed by atoms with Gasteiger partial charge in [-0.3, -0.25) is 4.79 Å². The second kappa shape index (κ2) is 7.82. The molecule has 0 aromatic heterocycles. The topological polar surface area (TPSA) is 90.8 Å². The molecule has 0 saturated heterocycles. The molecule has 0 aliphatic carbocycles. The lowest BCUT2D eigenvalue weighted by molar-refractivity contribution is -0.308. The molecule has 1 heterocycles. The van der Waals surface area contributed by atoms with Crippen molar-refractivity contribution in [3.63, 3.8) is 0 Å². The molecule has 0 bridgehead atoms. The van der Waals surface area contributed by atoms with Crippen LogP contribution in [0.2, 0.25) is 0 Å². The van der Waals surface area contributed by atoms with E-state index in [1.165, 1.54) is 0 Å². The molecule has 2 aromatic carbocycles. The number of nitrogens with one attached hydrogen (secondary N) is 1. The van der Waals surface area contributed by atoms with Crippen molar-refractivity contribution in [3.8, 4) is 0 Å². The molecule has 6 heteroatoms. The van der Waals surface area contributed by atoms with E-state index < -0.39 is 24.0 Å². The SMILES string of the molecule is Cc1ccc(C2=NO[C@@H](C(=O)N[C@H](Cc3ccccc3)C(=O)[O-])C2)cc1. The molecule has 3 rings (SSSR count). The van der Waals surface area contributed by atoms with Gasteiger partial charge in [0.15, 0.2) is 0 Å². The fraction of sp³-hybridized carbons (Fsp3) is 0.250. The Morgan fingerprint density at radius 2 is 1.88 bits per heavy atom. The van der Waals surface area contributed by atoms with Gasteiger partial charge in [0.05, 0.1) is 17.7 Å².